The molecule has 1 heterocycles. The average Bonchev–Trinajstić information content (AvgIpc) is 3.39. The molecular weight excluding hydrogens is 911 g/mol. The Balaban J connectivity index is 2.11. The number of ether oxygens (including phenoxy) is 2. The average molecular weight is 1040 g/mol. The number of hydrogen-bond acceptors (Lipinski definition) is 8. The molecule has 1 aliphatic heterocycles. The Hall–Kier alpha value is -1.07. The van der Waals surface area contributed by atoms with Gasteiger partial charge in [-0.25, -0.2) is 0 Å². The van der Waals surface area contributed by atoms with Gasteiger partial charge in [-0.05, 0) is 38.5 Å². The maximum Gasteiger partial charge on any atom is 0.220 e. The molecule has 6 N–H and O–H groups in total. The lowest BCUT2D eigenvalue weighted by atomic mass is 9.99. The zero-order valence-electron chi connectivity index (χ0n) is 48.4. The minimum atomic E-state index is -1.55. The lowest BCUT2D eigenvalue weighted by Crippen LogP contribution is -2.60. The smallest absolute Gasteiger partial charge is 0.220 e. The van der Waals surface area contributed by atoms with Gasteiger partial charge in [0, 0.05) is 6.42 Å². The number of carbonyl (C=O) groups excluding carboxylic acids is 1. The Morgan fingerprint density at radius 2 is 0.767 bits per heavy atom. The van der Waals surface area contributed by atoms with E-state index in [1.54, 1.807) is 0 Å². The molecule has 1 amide bonds. The molecular formula is C64H125NO8. The predicted molar refractivity (Wildman–Crippen MR) is 309 cm³/mol. The molecule has 0 aromatic rings. The van der Waals surface area contributed by atoms with Crippen molar-refractivity contribution in [2.24, 2.45) is 0 Å². The number of rotatable bonds is 57. The van der Waals surface area contributed by atoms with E-state index in [4.69, 9.17) is 9.47 Å². The molecule has 0 radical (unpaired) electrons. The lowest BCUT2D eigenvalue weighted by molar-refractivity contribution is -0.302. The highest BCUT2D eigenvalue weighted by Crippen LogP contribution is 2.24. The second kappa shape index (κ2) is 54.3. The van der Waals surface area contributed by atoms with Crippen LogP contribution in [-0.2, 0) is 14.3 Å². The topological polar surface area (TPSA) is 149 Å². The summed E-state index contributed by atoms with van der Waals surface area (Å²) in [6.45, 7) is 3.89. The van der Waals surface area contributed by atoms with E-state index in [0.29, 0.717) is 12.8 Å². The Morgan fingerprint density at radius 3 is 1.11 bits per heavy atom. The van der Waals surface area contributed by atoms with Crippen LogP contribution >= 0.6 is 0 Å². The third kappa shape index (κ3) is 43.6. The predicted octanol–water partition coefficient (Wildman–Crippen LogP) is 16.7. The summed E-state index contributed by atoms with van der Waals surface area (Å²) in [4.78, 5) is 13.1. The van der Waals surface area contributed by atoms with Crippen molar-refractivity contribution in [1.29, 1.82) is 0 Å². The summed E-state index contributed by atoms with van der Waals surface area (Å²) in [5.74, 6) is -0.136. The number of aliphatic hydroxyl groups is 5. The van der Waals surface area contributed by atoms with Crippen LogP contribution in [0.15, 0.2) is 12.2 Å². The van der Waals surface area contributed by atoms with Gasteiger partial charge in [-0.2, -0.15) is 0 Å². The normalized spacial score (nSPS) is 19.0. The second-order valence-electron chi connectivity index (χ2n) is 22.9. The van der Waals surface area contributed by atoms with Gasteiger partial charge in [-0.1, -0.05) is 302 Å². The van der Waals surface area contributed by atoms with Gasteiger partial charge in [0.15, 0.2) is 6.29 Å². The van der Waals surface area contributed by atoms with E-state index in [0.717, 1.165) is 38.5 Å². The third-order valence-electron chi connectivity index (χ3n) is 15.9. The summed E-state index contributed by atoms with van der Waals surface area (Å²) in [7, 11) is 0. The Labute approximate surface area is 452 Å². The van der Waals surface area contributed by atoms with Gasteiger partial charge in [0.2, 0.25) is 5.91 Å². The molecule has 9 heteroatoms. The summed E-state index contributed by atoms with van der Waals surface area (Å²) in [6, 6.07) is -0.716. The van der Waals surface area contributed by atoms with Crippen LogP contribution in [0.3, 0.4) is 0 Å². The van der Waals surface area contributed by atoms with E-state index in [9.17, 15) is 30.3 Å². The first-order valence-corrected chi connectivity index (χ1v) is 32.4. The highest BCUT2D eigenvalue weighted by molar-refractivity contribution is 5.76. The van der Waals surface area contributed by atoms with Gasteiger partial charge in [0.25, 0.3) is 0 Å². The van der Waals surface area contributed by atoms with Crippen LogP contribution in [0.2, 0.25) is 0 Å². The van der Waals surface area contributed by atoms with Crippen LogP contribution in [0.25, 0.3) is 0 Å². The molecule has 0 aromatic heterocycles. The highest BCUT2D eigenvalue weighted by Gasteiger charge is 2.44. The maximum atomic E-state index is 13.1. The summed E-state index contributed by atoms with van der Waals surface area (Å²) >= 11 is 0. The van der Waals surface area contributed by atoms with E-state index in [1.165, 1.54) is 270 Å². The van der Waals surface area contributed by atoms with Crippen molar-refractivity contribution in [3.8, 4) is 0 Å². The fourth-order valence-corrected chi connectivity index (χ4v) is 10.7. The van der Waals surface area contributed by atoms with Crippen LogP contribution in [0, 0.1) is 0 Å². The molecule has 7 atom stereocenters. The van der Waals surface area contributed by atoms with Crippen molar-refractivity contribution in [3.05, 3.63) is 12.2 Å². The van der Waals surface area contributed by atoms with Gasteiger partial charge in [-0.15, -0.1) is 0 Å². The van der Waals surface area contributed by atoms with Crippen molar-refractivity contribution >= 4 is 5.91 Å². The molecule has 0 bridgehead atoms. The molecule has 0 saturated carbocycles. The number of amides is 1. The lowest BCUT2D eigenvalue weighted by Gasteiger charge is -2.40. The molecule has 1 aliphatic rings. The van der Waals surface area contributed by atoms with Gasteiger partial charge in [0.1, 0.15) is 24.4 Å². The van der Waals surface area contributed by atoms with E-state index in [-0.39, 0.29) is 12.5 Å². The van der Waals surface area contributed by atoms with Crippen LogP contribution in [-0.4, -0.2) is 87.5 Å². The van der Waals surface area contributed by atoms with Gasteiger partial charge < -0.3 is 40.3 Å². The van der Waals surface area contributed by atoms with E-state index < -0.39 is 49.5 Å². The molecule has 1 rings (SSSR count). The minimum Gasteiger partial charge on any atom is -0.394 e. The minimum absolute atomic E-state index is 0.132. The molecule has 0 aliphatic carbocycles. The molecule has 7 unspecified atom stereocenters. The molecule has 73 heavy (non-hydrogen) atoms. The number of unbranched alkanes of at least 4 members (excludes halogenated alkanes) is 45. The first kappa shape index (κ1) is 69.9. The highest BCUT2D eigenvalue weighted by atomic mass is 16.7. The number of carbonyl (C=O) groups is 1. The second-order valence-corrected chi connectivity index (χ2v) is 22.9. The number of aliphatic hydroxyl groups excluding tert-OH is 5. The monoisotopic (exact) mass is 1040 g/mol. The SMILES string of the molecule is CCCCCCCCCC/C=C\CCCCCCCCCCCCCCCCCCCCCC(=O)NC(COC1OC(CO)C(O)C(O)C1O)C(O)CCCCCCCCCCCCCCCCCCCCC. The number of allylic oxidation sites excluding steroid dienone is 2. The maximum absolute atomic E-state index is 13.1. The van der Waals surface area contributed by atoms with Crippen LogP contribution in [0.1, 0.15) is 335 Å². The summed E-state index contributed by atoms with van der Waals surface area (Å²) in [5, 5.41) is 54.8. The van der Waals surface area contributed by atoms with Crippen LogP contribution < -0.4 is 5.32 Å². The van der Waals surface area contributed by atoms with Crippen LogP contribution in [0.5, 0.6) is 0 Å². The number of hydrogen-bond donors (Lipinski definition) is 6. The zero-order valence-corrected chi connectivity index (χ0v) is 48.4. The molecule has 0 spiro atoms. The van der Waals surface area contributed by atoms with E-state index >= 15 is 0 Å². The molecule has 434 valence electrons. The van der Waals surface area contributed by atoms with E-state index in [2.05, 4.69) is 31.3 Å². The Bertz CT molecular complexity index is 1150. The fourth-order valence-electron chi connectivity index (χ4n) is 10.7. The quantitative estimate of drug-likeness (QED) is 0.0261. The summed E-state index contributed by atoms with van der Waals surface area (Å²) in [5.41, 5.74) is 0. The standard InChI is InChI=1S/C64H125NO8/c1-3-5-7-9-11-13-15-17-19-21-23-24-25-26-27-28-29-30-31-32-33-34-36-38-40-42-44-46-48-50-52-54-60(68)65-57(56-72-64-63(71)62(70)61(69)59(55-66)73-64)58(67)53-51-49-47-45-43-41-39-37-35-22-20-18-16-14-12-10-8-6-4-2/h21,23,57-59,61-64,66-67,69-71H,3-20,22,24-56H2,1-2H3,(H,65,68)/b23-21-. The number of nitrogens with one attached hydrogen (secondary N) is 1. The van der Waals surface area contributed by atoms with Crippen molar-refractivity contribution in [3.63, 3.8) is 0 Å². The third-order valence-corrected chi connectivity index (χ3v) is 15.9. The molecule has 0 aromatic carbocycles. The van der Waals surface area contributed by atoms with Gasteiger partial charge in [0.05, 0.1) is 25.4 Å². The van der Waals surface area contributed by atoms with Crippen molar-refractivity contribution < 1.29 is 39.8 Å². The Morgan fingerprint density at radius 1 is 0.452 bits per heavy atom. The van der Waals surface area contributed by atoms with Crippen LogP contribution in [0.4, 0.5) is 0 Å². The first-order valence-electron chi connectivity index (χ1n) is 32.4. The van der Waals surface area contributed by atoms with E-state index in [1.807, 2.05) is 0 Å². The van der Waals surface area contributed by atoms with Gasteiger partial charge >= 0.3 is 0 Å². The van der Waals surface area contributed by atoms with Crippen molar-refractivity contribution in [1.82, 2.24) is 5.32 Å². The molecule has 1 saturated heterocycles. The summed E-state index contributed by atoms with van der Waals surface area (Å²) in [6.07, 6.45) is 61.2. The fraction of sp³-hybridized carbons (Fsp3) is 0.953. The largest absolute Gasteiger partial charge is 0.394 e. The molecule has 9 nitrogen and oxygen atoms in total. The van der Waals surface area contributed by atoms with Crippen molar-refractivity contribution in [2.75, 3.05) is 13.2 Å². The summed E-state index contributed by atoms with van der Waals surface area (Å²) < 4.78 is 11.3. The van der Waals surface area contributed by atoms with Crippen molar-refractivity contribution in [2.45, 2.75) is 378 Å². The Kier molecular flexibility index (Phi) is 52.0. The van der Waals surface area contributed by atoms with Gasteiger partial charge in [-0.3, -0.25) is 4.79 Å². The zero-order chi connectivity index (χ0) is 52.9. The molecule has 1 fully saturated rings. The first-order chi connectivity index (χ1) is 35.8.